The fourth-order valence-electron chi connectivity index (χ4n) is 2.30. The third-order valence-electron chi connectivity index (χ3n) is 3.20. The lowest BCUT2D eigenvalue weighted by Crippen LogP contribution is -2.27. The molecule has 0 amide bonds. The lowest BCUT2D eigenvalue weighted by atomic mass is 10.1. The van der Waals surface area contributed by atoms with E-state index in [1.165, 1.54) is 11.3 Å². The van der Waals surface area contributed by atoms with Crippen LogP contribution in [0, 0.1) is 0 Å². The van der Waals surface area contributed by atoms with Crippen molar-refractivity contribution in [3.8, 4) is 5.69 Å². The summed E-state index contributed by atoms with van der Waals surface area (Å²) in [6.45, 7) is 2.07. The molecule has 0 fully saturated rings. The molecule has 17 heavy (non-hydrogen) atoms. The van der Waals surface area contributed by atoms with Gasteiger partial charge in [-0.3, -0.25) is 0 Å². The Bertz CT molecular complexity index is 533. The third kappa shape index (κ3) is 1.91. The highest BCUT2D eigenvalue weighted by Gasteiger charge is 2.22. The molecule has 0 aliphatic carbocycles. The highest BCUT2D eigenvalue weighted by atomic mass is 79.9. The lowest BCUT2D eigenvalue weighted by Gasteiger charge is -2.23. The van der Waals surface area contributed by atoms with Crippen LogP contribution in [0.1, 0.15) is 11.3 Å². The van der Waals surface area contributed by atoms with Crippen molar-refractivity contribution < 1.29 is 0 Å². The van der Waals surface area contributed by atoms with E-state index in [1.54, 1.807) is 0 Å². The van der Waals surface area contributed by atoms with Gasteiger partial charge >= 0.3 is 0 Å². The van der Waals surface area contributed by atoms with E-state index in [4.69, 9.17) is 0 Å². The zero-order valence-corrected chi connectivity index (χ0v) is 11.3. The van der Waals surface area contributed by atoms with Gasteiger partial charge in [0.15, 0.2) is 0 Å². The molecule has 0 atom stereocenters. The molecule has 88 valence electrons. The molecular formula is C13H14BrN3. The standard InChI is InChI=1S/C13H14BrN3/c1-16-8-7-12-11(9-16)13(14)15-17(12)10-5-3-2-4-6-10/h2-6H,7-9H2,1H3. The van der Waals surface area contributed by atoms with Crippen molar-refractivity contribution in [2.45, 2.75) is 13.0 Å². The van der Waals surface area contributed by atoms with Gasteiger partial charge in [0, 0.05) is 25.1 Å². The molecule has 1 aromatic carbocycles. The minimum absolute atomic E-state index is 0.975. The van der Waals surface area contributed by atoms with Crippen LogP contribution in [0.15, 0.2) is 34.9 Å². The van der Waals surface area contributed by atoms with Crippen LogP contribution in [0.5, 0.6) is 0 Å². The van der Waals surface area contributed by atoms with Gasteiger partial charge in [-0.05, 0) is 35.1 Å². The van der Waals surface area contributed by atoms with Gasteiger partial charge in [-0.25, -0.2) is 4.68 Å². The Hall–Kier alpha value is -1.13. The molecule has 0 N–H and O–H groups in total. The van der Waals surface area contributed by atoms with Crippen molar-refractivity contribution in [1.29, 1.82) is 0 Å². The second-order valence-electron chi connectivity index (χ2n) is 4.45. The fraction of sp³-hybridized carbons (Fsp3) is 0.308. The van der Waals surface area contributed by atoms with Crippen LogP contribution in [0.3, 0.4) is 0 Å². The number of para-hydroxylation sites is 1. The van der Waals surface area contributed by atoms with Gasteiger partial charge in [0.2, 0.25) is 0 Å². The van der Waals surface area contributed by atoms with Crippen molar-refractivity contribution in [2.75, 3.05) is 13.6 Å². The number of likely N-dealkylation sites (N-methyl/N-ethyl adjacent to an activating group) is 1. The van der Waals surface area contributed by atoms with Gasteiger partial charge < -0.3 is 4.90 Å². The minimum Gasteiger partial charge on any atom is -0.302 e. The molecule has 1 aliphatic heterocycles. The van der Waals surface area contributed by atoms with E-state index in [-0.39, 0.29) is 0 Å². The first-order valence-electron chi connectivity index (χ1n) is 5.76. The molecular weight excluding hydrogens is 278 g/mol. The van der Waals surface area contributed by atoms with E-state index in [0.29, 0.717) is 0 Å². The van der Waals surface area contributed by atoms with Gasteiger partial charge in [0.1, 0.15) is 4.60 Å². The second-order valence-corrected chi connectivity index (χ2v) is 5.20. The average Bonchev–Trinajstić information content (AvgIpc) is 2.68. The molecule has 0 saturated heterocycles. The summed E-state index contributed by atoms with van der Waals surface area (Å²) in [6, 6.07) is 10.3. The van der Waals surface area contributed by atoms with Crippen LogP contribution < -0.4 is 0 Å². The monoisotopic (exact) mass is 291 g/mol. The smallest absolute Gasteiger partial charge is 0.133 e. The van der Waals surface area contributed by atoms with E-state index in [1.807, 2.05) is 18.2 Å². The first-order chi connectivity index (χ1) is 8.25. The maximum atomic E-state index is 4.60. The van der Waals surface area contributed by atoms with Gasteiger partial charge in [-0.1, -0.05) is 18.2 Å². The van der Waals surface area contributed by atoms with Gasteiger partial charge in [0.05, 0.1) is 11.4 Å². The Kier molecular flexibility index (Phi) is 2.76. The maximum absolute atomic E-state index is 4.60. The predicted molar refractivity (Wildman–Crippen MR) is 71.3 cm³/mol. The second kappa shape index (κ2) is 4.27. The quantitative estimate of drug-likeness (QED) is 0.805. The number of rotatable bonds is 1. The summed E-state index contributed by atoms with van der Waals surface area (Å²) in [7, 11) is 2.15. The van der Waals surface area contributed by atoms with E-state index >= 15 is 0 Å². The Balaban J connectivity index is 2.11. The Labute approximate surface area is 109 Å². The van der Waals surface area contributed by atoms with E-state index in [2.05, 4.69) is 49.8 Å². The largest absolute Gasteiger partial charge is 0.302 e. The number of nitrogens with zero attached hydrogens (tertiary/aromatic N) is 3. The van der Waals surface area contributed by atoms with Crippen LogP contribution >= 0.6 is 15.9 Å². The number of fused-ring (bicyclic) bond motifs is 1. The Morgan fingerprint density at radius 2 is 2.00 bits per heavy atom. The lowest BCUT2D eigenvalue weighted by molar-refractivity contribution is 0.309. The topological polar surface area (TPSA) is 21.1 Å². The average molecular weight is 292 g/mol. The van der Waals surface area contributed by atoms with Gasteiger partial charge in [0.25, 0.3) is 0 Å². The van der Waals surface area contributed by atoms with Crippen LogP contribution in [0.2, 0.25) is 0 Å². The molecule has 0 saturated carbocycles. The molecule has 0 unspecified atom stereocenters. The Morgan fingerprint density at radius 3 is 2.76 bits per heavy atom. The fourth-order valence-corrected chi connectivity index (χ4v) is 2.81. The normalized spacial score (nSPS) is 15.9. The number of hydrogen-bond acceptors (Lipinski definition) is 2. The highest BCUT2D eigenvalue weighted by molar-refractivity contribution is 9.10. The summed E-state index contributed by atoms with van der Waals surface area (Å²) in [6.07, 6.45) is 1.05. The summed E-state index contributed by atoms with van der Waals surface area (Å²) in [5.41, 5.74) is 3.79. The SMILES string of the molecule is CN1CCc2c(c(Br)nn2-c2ccccc2)C1. The van der Waals surface area contributed by atoms with E-state index in [0.717, 1.165) is 29.8 Å². The summed E-state index contributed by atoms with van der Waals surface area (Å²) >= 11 is 3.57. The molecule has 2 heterocycles. The molecule has 1 aliphatic rings. The van der Waals surface area contributed by atoms with Gasteiger partial charge in [-0.2, -0.15) is 5.10 Å². The summed E-state index contributed by atoms with van der Waals surface area (Å²) in [4.78, 5) is 2.32. The molecule has 0 spiro atoms. The number of benzene rings is 1. The van der Waals surface area contributed by atoms with Crippen molar-refractivity contribution in [3.63, 3.8) is 0 Å². The van der Waals surface area contributed by atoms with Crippen LogP contribution in [-0.2, 0) is 13.0 Å². The van der Waals surface area contributed by atoms with Crippen LogP contribution in [0.25, 0.3) is 5.69 Å². The number of halogens is 1. The third-order valence-corrected chi connectivity index (χ3v) is 3.84. The molecule has 3 nitrogen and oxygen atoms in total. The predicted octanol–water partition coefficient (Wildman–Crippen LogP) is 2.62. The molecule has 0 radical (unpaired) electrons. The number of aromatic nitrogens is 2. The summed E-state index contributed by atoms with van der Waals surface area (Å²) in [5.74, 6) is 0. The molecule has 4 heteroatoms. The van der Waals surface area contributed by atoms with Crippen molar-refractivity contribution in [1.82, 2.24) is 14.7 Å². The van der Waals surface area contributed by atoms with Crippen LogP contribution in [0.4, 0.5) is 0 Å². The highest BCUT2D eigenvalue weighted by Crippen LogP contribution is 2.27. The molecule has 1 aromatic heterocycles. The summed E-state index contributed by atoms with van der Waals surface area (Å²) in [5, 5.41) is 4.60. The van der Waals surface area contributed by atoms with Gasteiger partial charge in [-0.15, -0.1) is 0 Å². The zero-order chi connectivity index (χ0) is 11.8. The zero-order valence-electron chi connectivity index (χ0n) is 9.73. The number of hydrogen-bond donors (Lipinski definition) is 0. The first-order valence-corrected chi connectivity index (χ1v) is 6.55. The van der Waals surface area contributed by atoms with Crippen molar-refractivity contribution in [2.24, 2.45) is 0 Å². The van der Waals surface area contributed by atoms with E-state index in [9.17, 15) is 0 Å². The maximum Gasteiger partial charge on any atom is 0.133 e. The minimum atomic E-state index is 0.975. The Morgan fingerprint density at radius 1 is 1.24 bits per heavy atom. The molecule has 2 aromatic rings. The van der Waals surface area contributed by atoms with E-state index < -0.39 is 0 Å². The van der Waals surface area contributed by atoms with Crippen molar-refractivity contribution >= 4 is 15.9 Å². The molecule has 3 rings (SSSR count). The summed E-state index contributed by atoms with van der Waals surface area (Å²) < 4.78 is 3.04. The van der Waals surface area contributed by atoms with Crippen molar-refractivity contribution in [3.05, 3.63) is 46.2 Å². The first kappa shape index (κ1) is 11.0. The van der Waals surface area contributed by atoms with Crippen LogP contribution in [-0.4, -0.2) is 28.3 Å². The molecule has 0 bridgehead atoms.